The second-order valence-corrected chi connectivity index (χ2v) is 9.79. The van der Waals surface area contributed by atoms with Gasteiger partial charge in [-0.25, -0.2) is 8.78 Å². The van der Waals surface area contributed by atoms with E-state index in [2.05, 4.69) is 19.1 Å². The highest BCUT2D eigenvalue weighted by Gasteiger charge is 2.36. The Bertz CT molecular complexity index is 950. The first-order valence-electron chi connectivity index (χ1n) is 12.0. The van der Waals surface area contributed by atoms with E-state index in [1.54, 1.807) is 0 Å². The third kappa shape index (κ3) is 5.50. The van der Waals surface area contributed by atoms with Gasteiger partial charge < -0.3 is 0 Å². The van der Waals surface area contributed by atoms with Gasteiger partial charge in [0.25, 0.3) is 0 Å². The molecule has 2 aliphatic carbocycles. The second kappa shape index (κ2) is 9.99. The molecule has 178 valence electrons. The summed E-state index contributed by atoms with van der Waals surface area (Å²) in [4.78, 5) is 0. The summed E-state index contributed by atoms with van der Waals surface area (Å²) in [6.45, 7) is 2.06. The molecule has 0 N–H and O–H groups in total. The van der Waals surface area contributed by atoms with E-state index in [0.717, 1.165) is 55.9 Å². The van der Waals surface area contributed by atoms with Crippen LogP contribution in [0.2, 0.25) is 0 Å². The number of hydrogen-bond acceptors (Lipinski definition) is 0. The monoisotopic (exact) mass is 462 g/mol. The first-order valence-corrected chi connectivity index (χ1v) is 12.0. The molecule has 0 spiro atoms. The topological polar surface area (TPSA) is 0 Å². The van der Waals surface area contributed by atoms with Crippen molar-refractivity contribution in [3.8, 4) is 11.1 Å². The van der Waals surface area contributed by atoms with E-state index in [0.29, 0.717) is 17.4 Å². The molecule has 0 amide bonds. The lowest BCUT2D eigenvalue weighted by Crippen LogP contribution is -2.30. The van der Waals surface area contributed by atoms with Crippen molar-refractivity contribution in [2.24, 2.45) is 17.8 Å². The van der Waals surface area contributed by atoms with Gasteiger partial charge in [0.05, 0.1) is 11.1 Å². The number of alkyl halides is 3. The summed E-state index contributed by atoms with van der Waals surface area (Å²) in [6, 6.07) is 6.76. The van der Waals surface area contributed by atoms with Crippen LogP contribution in [-0.4, -0.2) is 0 Å². The van der Waals surface area contributed by atoms with Crippen molar-refractivity contribution in [3.63, 3.8) is 0 Å². The summed E-state index contributed by atoms with van der Waals surface area (Å²) >= 11 is 0. The fourth-order valence-electron chi connectivity index (χ4n) is 5.98. The lowest BCUT2D eigenvalue weighted by Gasteiger charge is -2.42. The van der Waals surface area contributed by atoms with Gasteiger partial charge in [0.2, 0.25) is 0 Å². The molecule has 4 atom stereocenters. The molecule has 2 fully saturated rings. The maximum absolute atomic E-state index is 15.0. The largest absolute Gasteiger partial charge is 0.416 e. The number of benzene rings is 2. The second-order valence-electron chi connectivity index (χ2n) is 9.79. The van der Waals surface area contributed by atoms with Crippen LogP contribution >= 0.6 is 0 Å². The molecule has 0 bridgehead atoms. The molecule has 0 heterocycles. The Labute approximate surface area is 192 Å². The molecule has 4 rings (SSSR count). The molecule has 2 saturated carbocycles. The zero-order valence-electron chi connectivity index (χ0n) is 19.0. The molecule has 0 saturated heterocycles. The normalized spacial score (nSPS) is 25.9. The molecule has 5 heteroatoms. The van der Waals surface area contributed by atoms with E-state index in [-0.39, 0.29) is 17.0 Å². The van der Waals surface area contributed by atoms with Gasteiger partial charge in [-0.3, -0.25) is 0 Å². The van der Waals surface area contributed by atoms with Gasteiger partial charge in [0, 0.05) is 0 Å². The number of rotatable bonds is 5. The van der Waals surface area contributed by atoms with Crippen LogP contribution in [0.25, 0.3) is 11.1 Å². The maximum Gasteiger partial charge on any atom is 0.416 e. The van der Waals surface area contributed by atoms with Crippen LogP contribution < -0.4 is 0 Å². The minimum absolute atomic E-state index is 0.115. The van der Waals surface area contributed by atoms with Crippen LogP contribution in [0.1, 0.15) is 75.3 Å². The first-order chi connectivity index (χ1) is 15.8. The predicted octanol–water partition coefficient (Wildman–Crippen LogP) is 9.31. The van der Waals surface area contributed by atoms with Crippen LogP contribution in [0.4, 0.5) is 22.0 Å². The molecule has 0 aromatic heterocycles. The highest BCUT2D eigenvalue weighted by molar-refractivity contribution is 5.66. The van der Waals surface area contributed by atoms with E-state index in [4.69, 9.17) is 0 Å². The Morgan fingerprint density at radius 3 is 2.15 bits per heavy atom. The Hall–Kier alpha value is -2.17. The molecular formula is C28H31F5. The minimum atomic E-state index is -4.48. The molecular weight excluding hydrogens is 431 g/mol. The van der Waals surface area contributed by atoms with Gasteiger partial charge in [0.1, 0.15) is 11.6 Å². The number of allylic oxidation sites excluding steroid dienone is 2. The van der Waals surface area contributed by atoms with Gasteiger partial charge >= 0.3 is 6.18 Å². The minimum Gasteiger partial charge on any atom is -0.206 e. The standard InChI is InChI=1S/C28H31F5/c1-2-3-4-5-18-6-7-21-15-22(9-8-20(21)14-18)23-16-25(29)27(26(30)17-23)19-10-12-24(13-11-19)28(31,32)33/h2-3,10-13,16-18,20-22H,4-9,14-15H2,1H3/b3-2+. The van der Waals surface area contributed by atoms with Crippen molar-refractivity contribution in [2.75, 3.05) is 0 Å². The molecule has 2 aliphatic rings. The van der Waals surface area contributed by atoms with Gasteiger partial charge in [-0.15, -0.1) is 0 Å². The molecule has 2 aromatic rings. The number of fused-ring (bicyclic) bond motifs is 1. The average Bonchev–Trinajstić information content (AvgIpc) is 2.78. The Kier molecular flexibility index (Phi) is 7.25. The Balaban J connectivity index is 1.45. The maximum atomic E-state index is 15.0. The molecule has 2 aromatic carbocycles. The summed E-state index contributed by atoms with van der Waals surface area (Å²) < 4.78 is 68.3. The van der Waals surface area contributed by atoms with E-state index in [1.165, 1.54) is 37.8 Å². The predicted molar refractivity (Wildman–Crippen MR) is 122 cm³/mol. The van der Waals surface area contributed by atoms with Crippen molar-refractivity contribution in [2.45, 2.75) is 70.4 Å². The Morgan fingerprint density at radius 1 is 0.879 bits per heavy atom. The summed E-state index contributed by atoms with van der Waals surface area (Å²) in [6.07, 6.45) is 8.94. The van der Waals surface area contributed by atoms with Gasteiger partial charge in [-0.1, -0.05) is 30.7 Å². The number of halogens is 5. The highest BCUT2D eigenvalue weighted by atomic mass is 19.4. The zero-order chi connectivity index (χ0) is 23.6. The molecule has 33 heavy (non-hydrogen) atoms. The fourth-order valence-corrected chi connectivity index (χ4v) is 5.98. The average molecular weight is 463 g/mol. The first kappa shape index (κ1) is 24.0. The third-order valence-electron chi connectivity index (χ3n) is 7.74. The van der Waals surface area contributed by atoms with E-state index >= 15 is 0 Å². The van der Waals surface area contributed by atoms with Crippen LogP contribution in [0.5, 0.6) is 0 Å². The highest BCUT2D eigenvalue weighted by Crippen LogP contribution is 2.49. The lowest BCUT2D eigenvalue weighted by atomic mass is 9.63. The zero-order valence-corrected chi connectivity index (χ0v) is 19.0. The molecule has 0 radical (unpaired) electrons. The third-order valence-corrected chi connectivity index (χ3v) is 7.74. The van der Waals surface area contributed by atoms with Gasteiger partial charge in [-0.2, -0.15) is 13.2 Å². The lowest BCUT2D eigenvalue weighted by molar-refractivity contribution is -0.137. The summed E-state index contributed by atoms with van der Waals surface area (Å²) in [7, 11) is 0. The Morgan fingerprint density at radius 2 is 1.52 bits per heavy atom. The SMILES string of the molecule is C/C=C/CCC1CCC2CC(c3cc(F)c(-c4ccc(C(F)(F)F)cc4)c(F)c3)CCC2C1. The van der Waals surface area contributed by atoms with Crippen LogP contribution in [0.3, 0.4) is 0 Å². The summed E-state index contributed by atoms with van der Waals surface area (Å²) in [5.74, 6) is 0.835. The fraction of sp³-hybridized carbons (Fsp3) is 0.500. The van der Waals surface area contributed by atoms with Crippen LogP contribution in [0, 0.1) is 29.4 Å². The summed E-state index contributed by atoms with van der Waals surface area (Å²) in [5.41, 5.74) is -0.307. The van der Waals surface area contributed by atoms with E-state index in [1.807, 2.05) is 0 Å². The van der Waals surface area contributed by atoms with Crippen molar-refractivity contribution < 1.29 is 22.0 Å². The molecule has 0 aliphatic heterocycles. The number of hydrogen-bond donors (Lipinski definition) is 0. The quantitative estimate of drug-likeness (QED) is 0.307. The summed E-state index contributed by atoms with van der Waals surface area (Å²) in [5, 5.41) is 0. The van der Waals surface area contributed by atoms with Crippen molar-refractivity contribution in [1.82, 2.24) is 0 Å². The molecule has 4 unspecified atom stereocenters. The van der Waals surface area contributed by atoms with Crippen LogP contribution in [0.15, 0.2) is 48.6 Å². The van der Waals surface area contributed by atoms with E-state index < -0.39 is 23.4 Å². The van der Waals surface area contributed by atoms with Gasteiger partial charge in [0.15, 0.2) is 0 Å². The smallest absolute Gasteiger partial charge is 0.206 e. The van der Waals surface area contributed by atoms with Crippen molar-refractivity contribution >= 4 is 0 Å². The van der Waals surface area contributed by atoms with Crippen molar-refractivity contribution in [3.05, 3.63) is 71.3 Å². The van der Waals surface area contributed by atoms with Crippen LogP contribution in [-0.2, 0) is 6.18 Å². The van der Waals surface area contributed by atoms with E-state index in [9.17, 15) is 22.0 Å². The van der Waals surface area contributed by atoms with Crippen molar-refractivity contribution in [1.29, 1.82) is 0 Å². The van der Waals surface area contributed by atoms with Gasteiger partial charge in [-0.05, 0) is 111 Å². The molecule has 0 nitrogen and oxygen atoms in total.